The Balaban J connectivity index is 1.37. The SMILES string of the molecule is COc1ccc2c(c1)OC[C@H](CNC(=O)c1noc3c1CCCC3)C2. The third-order valence-electron chi connectivity index (χ3n) is 4.97. The molecule has 4 rings (SSSR count). The number of ether oxygens (including phenoxy) is 2. The van der Waals surface area contributed by atoms with Gasteiger partial charge in [0.1, 0.15) is 17.3 Å². The molecule has 1 aliphatic heterocycles. The molecule has 1 aliphatic carbocycles. The molecule has 2 heterocycles. The fourth-order valence-corrected chi connectivity index (χ4v) is 3.56. The van der Waals surface area contributed by atoms with Crippen molar-refractivity contribution in [2.45, 2.75) is 32.1 Å². The third kappa shape index (κ3) is 3.21. The van der Waals surface area contributed by atoms with Crippen LogP contribution in [0.5, 0.6) is 11.5 Å². The van der Waals surface area contributed by atoms with Crippen molar-refractivity contribution in [1.82, 2.24) is 10.5 Å². The zero-order chi connectivity index (χ0) is 17.2. The average Bonchev–Trinajstić information content (AvgIpc) is 3.09. The fraction of sp³-hybridized carbons (Fsp3) is 0.474. The summed E-state index contributed by atoms with van der Waals surface area (Å²) in [6, 6.07) is 5.87. The molecule has 132 valence electrons. The minimum absolute atomic E-state index is 0.146. The van der Waals surface area contributed by atoms with E-state index in [1.807, 2.05) is 18.2 Å². The van der Waals surface area contributed by atoms with Crippen LogP contribution in [-0.4, -0.2) is 31.3 Å². The first-order chi connectivity index (χ1) is 12.2. The van der Waals surface area contributed by atoms with Gasteiger partial charge < -0.3 is 19.3 Å². The monoisotopic (exact) mass is 342 g/mol. The predicted molar refractivity (Wildman–Crippen MR) is 91.2 cm³/mol. The zero-order valence-corrected chi connectivity index (χ0v) is 14.3. The van der Waals surface area contributed by atoms with E-state index in [1.54, 1.807) is 7.11 Å². The zero-order valence-electron chi connectivity index (χ0n) is 14.3. The van der Waals surface area contributed by atoms with Crippen LogP contribution in [0.1, 0.15) is 40.2 Å². The van der Waals surface area contributed by atoms with Crippen LogP contribution in [0.2, 0.25) is 0 Å². The van der Waals surface area contributed by atoms with E-state index < -0.39 is 0 Å². The van der Waals surface area contributed by atoms with E-state index in [-0.39, 0.29) is 11.8 Å². The Morgan fingerprint density at radius 3 is 3.12 bits per heavy atom. The molecule has 1 amide bonds. The first kappa shape index (κ1) is 16.0. The number of carbonyl (C=O) groups excluding carboxylic acids is 1. The summed E-state index contributed by atoms with van der Waals surface area (Å²) < 4.78 is 16.4. The highest BCUT2D eigenvalue weighted by atomic mass is 16.5. The lowest BCUT2D eigenvalue weighted by molar-refractivity contribution is 0.0929. The molecule has 2 aromatic rings. The van der Waals surface area contributed by atoms with E-state index in [0.29, 0.717) is 18.8 Å². The number of methoxy groups -OCH3 is 1. The molecular weight excluding hydrogens is 320 g/mol. The normalized spacial score (nSPS) is 18.7. The predicted octanol–water partition coefficient (Wildman–Crippen LogP) is 2.54. The average molecular weight is 342 g/mol. The molecule has 1 aromatic carbocycles. The molecular formula is C19H22N2O4. The molecule has 1 atom stereocenters. The minimum atomic E-state index is -0.146. The molecule has 0 bridgehead atoms. The second-order valence-corrected chi connectivity index (χ2v) is 6.70. The van der Waals surface area contributed by atoms with Crippen LogP contribution < -0.4 is 14.8 Å². The van der Waals surface area contributed by atoms with Crippen LogP contribution in [0.25, 0.3) is 0 Å². The van der Waals surface area contributed by atoms with Gasteiger partial charge in [-0.2, -0.15) is 0 Å². The molecule has 0 saturated heterocycles. The summed E-state index contributed by atoms with van der Waals surface area (Å²) in [5.41, 5.74) is 2.59. The summed E-state index contributed by atoms with van der Waals surface area (Å²) >= 11 is 0. The number of aryl methyl sites for hydroxylation is 1. The van der Waals surface area contributed by atoms with Crippen molar-refractivity contribution in [1.29, 1.82) is 0 Å². The molecule has 0 saturated carbocycles. The van der Waals surface area contributed by atoms with Gasteiger partial charge in [0.2, 0.25) is 0 Å². The summed E-state index contributed by atoms with van der Waals surface area (Å²) in [7, 11) is 1.64. The van der Waals surface area contributed by atoms with Gasteiger partial charge >= 0.3 is 0 Å². The number of rotatable bonds is 4. The topological polar surface area (TPSA) is 73.6 Å². The molecule has 0 radical (unpaired) electrons. The van der Waals surface area contributed by atoms with Crippen LogP contribution >= 0.6 is 0 Å². The number of hydrogen-bond acceptors (Lipinski definition) is 5. The Kier molecular flexibility index (Phi) is 4.34. The van der Waals surface area contributed by atoms with Crippen molar-refractivity contribution >= 4 is 5.91 Å². The number of nitrogens with zero attached hydrogens (tertiary/aromatic N) is 1. The molecule has 1 aromatic heterocycles. The van der Waals surface area contributed by atoms with Gasteiger partial charge in [-0.1, -0.05) is 11.2 Å². The molecule has 0 spiro atoms. The van der Waals surface area contributed by atoms with E-state index in [0.717, 1.165) is 60.5 Å². The van der Waals surface area contributed by atoms with Gasteiger partial charge in [0, 0.05) is 30.5 Å². The van der Waals surface area contributed by atoms with Crippen molar-refractivity contribution in [2.75, 3.05) is 20.3 Å². The molecule has 6 heteroatoms. The third-order valence-corrected chi connectivity index (χ3v) is 4.97. The number of carbonyl (C=O) groups is 1. The Labute approximate surface area is 146 Å². The number of nitrogens with one attached hydrogen (secondary N) is 1. The lowest BCUT2D eigenvalue weighted by atomic mass is 9.95. The highest BCUT2D eigenvalue weighted by Gasteiger charge is 2.25. The van der Waals surface area contributed by atoms with Crippen molar-refractivity contribution in [3.05, 3.63) is 40.8 Å². The Hall–Kier alpha value is -2.50. The van der Waals surface area contributed by atoms with Gasteiger partial charge in [0.25, 0.3) is 5.91 Å². The first-order valence-electron chi connectivity index (χ1n) is 8.80. The van der Waals surface area contributed by atoms with Gasteiger partial charge in [-0.05, 0) is 37.3 Å². The van der Waals surface area contributed by atoms with Crippen LogP contribution in [0.15, 0.2) is 22.7 Å². The van der Waals surface area contributed by atoms with Gasteiger partial charge in [0.15, 0.2) is 5.69 Å². The smallest absolute Gasteiger partial charge is 0.273 e. The number of hydrogen-bond donors (Lipinski definition) is 1. The minimum Gasteiger partial charge on any atom is -0.497 e. The van der Waals surface area contributed by atoms with Crippen molar-refractivity contribution in [2.24, 2.45) is 5.92 Å². The number of fused-ring (bicyclic) bond motifs is 2. The lowest BCUT2D eigenvalue weighted by Crippen LogP contribution is -2.35. The molecule has 2 aliphatic rings. The summed E-state index contributed by atoms with van der Waals surface area (Å²) in [6.07, 6.45) is 4.82. The van der Waals surface area contributed by atoms with Crippen LogP contribution in [-0.2, 0) is 19.3 Å². The summed E-state index contributed by atoms with van der Waals surface area (Å²) in [5, 5.41) is 6.98. The Morgan fingerprint density at radius 2 is 2.24 bits per heavy atom. The van der Waals surface area contributed by atoms with Crippen LogP contribution in [0.3, 0.4) is 0 Å². The molecule has 0 fully saturated rings. The number of aromatic nitrogens is 1. The maximum absolute atomic E-state index is 12.5. The van der Waals surface area contributed by atoms with Crippen molar-refractivity contribution in [3.63, 3.8) is 0 Å². The molecule has 25 heavy (non-hydrogen) atoms. The summed E-state index contributed by atoms with van der Waals surface area (Å²) in [4.78, 5) is 12.5. The number of amides is 1. The fourth-order valence-electron chi connectivity index (χ4n) is 3.56. The Morgan fingerprint density at radius 1 is 1.36 bits per heavy atom. The maximum Gasteiger partial charge on any atom is 0.273 e. The molecule has 6 nitrogen and oxygen atoms in total. The summed E-state index contributed by atoms with van der Waals surface area (Å²) in [6.45, 7) is 1.14. The van der Waals surface area contributed by atoms with E-state index in [4.69, 9.17) is 14.0 Å². The van der Waals surface area contributed by atoms with Crippen molar-refractivity contribution < 1.29 is 18.8 Å². The quantitative estimate of drug-likeness (QED) is 0.924. The standard InChI is InChI=1S/C19H22N2O4/c1-23-14-7-6-13-8-12(11-24-17(13)9-14)10-20-19(22)18-15-4-2-3-5-16(15)25-21-18/h6-7,9,12H,2-5,8,10-11H2,1H3,(H,20,22)/t12-/m0/s1. The highest BCUT2D eigenvalue weighted by molar-refractivity contribution is 5.93. The van der Waals surface area contributed by atoms with E-state index >= 15 is 0 Å². The largest absolute Gasteiger partial charge is 0.497 e. The van der Waals surface area contributed by atoms with Gasteiger partial charge in [0.05, 0.1) is 13.7 Å². The second-order valence-electron chi connectivity index (χ2n) is 6.70. The summed E-state index contributed by atoms with van der Waals surface area (Å²) in [5.74, 6) is 2.63. The van der Waals surface area contributed by atoms with Gasteiger partial charge in [-0.15, -0.1) is 0 Å². The Bertz CT molecular complexity index is 784. The number of benzene rings is 1. The molecule has 0 unspecified atom stereocenters. The van der Waals surface area contributed by atoms with E-state index in [9.17, 15) is 4.79 Å². The lowest BCUT2D eigenvalue weighted by Gasteiger charge is -2.25. The second kappa shape index (κ2) is 6.78. The first-order valence-corrected chi connectivity index (χ1v) is 8.80. The van der Waals surface area contributed by atoms with Crippen LogP contribution in [0.4, 0.5) is 0 Å². The van der Waals surface area contributed by atoms with E-state index in [2.05, 4.69) is 10.5 Å². The van der Waals surface area contributed by atoms with Gasteiger partial charge in [-0.3, -0.25) is 4.79 Å². The molecule has 1 N–H and O–H groups in total. The highest BCUT2D eigenvalue weighted by Crippen LogP contribution is 2.31. The van der Waals surface area contributed by atoms with Gasteiger partial charge in [-0.25, -0.2) is 0 Å². The van der Waals surface area contributed by atoms with Crippen LogP contribution in [0, 0.1) is 5.92 Å². The van der Waals surface area contributed by atoms with Crippen molar-refractivity contribution in [3.8, 4) is 11.5 Å². The maximum atomic E-state index is 12.5. The van der Waals surface area contributed by atoms with E-state index in [1.165, 1.54) is 0 Å².